The van der Waals surface area contributed by atoms with Gasteiger partial charge in [0.1, 0.15) is 5.82 Å². The fraction of sp³-hybridized carbons (Fsp3) is 0.375. The molecule has 7 nitrogen and oxygen atoms in total. The number of hydrogen-bond acceptors (Lipinski definition) is 3. The largest absolute Gasteiger partial charge is 0.416 e. The molecule has 0 spiro atoms. The van der Waals surface area contributed by atoms with Crippen molar-refractivity contribution >= 4 is 29.4 Å². The molecule has 0 heterocycles. The van der Waals surface area contributed by atoms with Crippen LogP contribution in [0.2, 0.25) is 5.02 Å². The molecule has 0 fully saturated rings. The van der Waals surface area contributed by atoms with Crippen LogP contribution in [0.15, 0.2) is 36.4 Å². The molecular weight excluding hydrogens is 504 g/mol. The highest BCUT2D eigenvalue weighted by atomic mass is 35.5. The van der Waals surface area contributed by atoms with Crippen LogP contribution in [0.1, 0.15) is 65.6 Å². The Morgan fingerprint density at radius 1 is 0.972 bits per heavy atom. The Bertz CT molecular complexity index is 1120. The number of nitrogens with zero attached hydrogens (tertiary/aromatic N) is 2. The lowest BCUT2D eigenvalue weighted by molar-refractivity contribution is -0.137. The minimum absolute atomic E-state index is 0.0449. The Morgan fingerprint density at radius 2 is 1.61 bits per heavy atom. The third-order valence-corrected chi connectivity index (χ3v) is 5.72. The van der Waals surface area contributed by atoms with Gasteiger partial charge < -0.3 is 10.2 Å². The van der Waals surface area contributed by atoms with Gasteiger partial charge in [-0.05, 0) is 63.6 Å². The number of halogens is 5. The number of carbonyl (C=O) groups excluding carboxylic acids is 3. The van der Waals surface area contributed by atoms with E-state index >= 15 is 0 Å². The Hall–Kier alpha value is -3.34. The van der Waals surface area contributed by atoms with Gasteiger partial charge in [0.15, 0.2) is 0 Å². The molecule has 0 bridgehead atoms. The van der Waals surface area contributed by atoms with Gasteiger partial charge in [0.2, 0.25) is 0 Å². The molecule has 0 aliphatic rings. The molecule has 0 aromatic heterocycles. The lowest BCUT2D eigenvalue weighted by Gasteiger charge is -2.25. The van der Waals surface area contributed by atoms with Crippen LogP contribution < -0.4 is 10.7 Å². The first kappa shape index (κ1) is 28.9. The predicted octanol–water partition coefficient (Wildman–Crippen LogP) is 5.42. The summed E-state index contributed by atoms with van der Waals surface area (Å²) in [7, 11) is 0. The van der Waals surface area contributed by atoms with Gasteiger partial charge in [-0.25, -0.2) is 14.2 Å². The summed E-state index contributed by atoms with van der Waals surface area (Å²) >= 11 is 6.35. The van der Waals surface area contributed by atoms with Crippen molar-refractivity contribution in [3.63, 3.8) is 0 Å². The fourth-order valence-corrected chi connectivity index (χ4v) is 3.73. The van der Waals surface area contributed by atoms with E-state index in [1.807, 2.05) is 13.8 Å². The molecule has 36 heavy (non-hydrogen) atoms. The van der Waals surface area contributed by atoms with E-state index in [1.54, 1.807) is 24.0 Å². The summed E-state index contributed by atoms with van der Waals surface area (Å²) in [6.07, 6.45) is -4.85. The van der Waals surface area contributed by atoms with Crippen molar-refractivity contribution < 1.29 is 31.9 Å². The second kappa shape index (κ2) is 12.1. The monoisotopic (exact) mass is 530 g/mol. The second-order valence-electron chi connectivity index (χ2n) is 7.80. The number of carbonyl (C=O) groups is 3. The third kappa shape index (κ3) is 7.09. The highest BCUT2D eigenvalue weighted by Gasteiger charge is 2.32. The molecule has 0 radical (unpaired) electrons. The van der Waals surface area contributed by atoms with Crippen molar-refractivity contribution in [1.82, 2.24) is 20.7 Å². The average molecular weight is 531 g/mol. The topological polar surface area (TPSA) is 81.8 Å². The molecule has 2 aromatic carbocycles. The summed E-state index contributed by atoms with van der Waals surface area (Å²) in [5, 5.41) is 3.70. The van der Waals surface area contributed by atoms with E-state index in [9.17, 15) is 31.9 Å². The Kier molecular flexibility index (Phi) is 9.69. The van der Waals surface area contributed by atoms with E-state index in [1.165, 1.54) is 13.0 Å². The maximum Gasteiger partial charge on any atom is 0.416 e. The summed E-state index contributed by atoms with van der Waals surface area (Å²) in [5.74, 6) is -2.52. The zero-order valence-corrected chi connectivity index (χ0v) is 20.9. The predicted molar refractivity (Wildman–Crippen MR) is 127 cm³/mol. The van der Waals surface area contributed by atoms with Crippen LogP contribution in [-0.2, 0) is 6.18 Å². The van der Waals surface area contributed by atoms with E-state index in [2.05, 4.69) is 10.7 Å². The molecular formula is C24H27ClF4N4O3. The van der Waals surface area contributed by atoms with Gasteiger partial charge in [0.25, 0.3) is 11.8 Å². The molecule has 0 saturated carbocycles. The highest BCUT2D eigenvalue weighted by molar-refractivity contribution is 6.31. The van der Waals surface area contributed by atoms with Gasteiger partial charge in [0.05, 0.1) is 11.6 Å². The number of hydrogen-bond donors (Lipinski definition) is 2. The van der Waals surface area contributed by atoms with Crippen LogP contribution >= 0.6 is 11.6 Å². The number of alkyl halides is 3. The quantitative estimate of drug-likeness (QED) is 0.370. The average Bonchev–Trinajstić information content (AvgIpc) is 2.81. The SMILES string of the molecule is CCN(CC)C(=O)c1ccc([C@@H](C)NC(=O)N(CC)NC(=O)c2cc(F)cc(C(F)(F)F)c2)c(Cl)c1. The van der Waals surface area contributed by atoms with Crippen LogP contribution in [0.4, 0.5) is 22.4 Å². The van der Waals surface area contributed by atoms with Crippen molar-refractivity contribution in [1.29, 1.82) is 0 Å². The second-order valence-corrected chi connectivity index (χ2v) is 8.20. The number of urea groups is 1. The van der Waals surface area contributed by atoms with Crippen molar-refractivity contribution in [3.05, 3.63) is 69.5 Å². The van der Waals surface area contributed by atoms with Gasteiger partial charge in [0, 0.05) is 35.8 Å². The van der Waals surface area contributed by atoms with E-state index in [0.717, 1.165) is 5.01 Å². The number of hydrazine groups is 1. The van der Waals surface area contributed by atoms with Gasteiger partial charge >= 0.3 is 12.2 Å². The minimum atomic E-state index is -4.85. The summed E-state index contributed by atoms with van der Waals surface area (Å²) in [4.78, 5) is 39.3. The molecule has 2 N–H and O–H groups in total. The lowest BCUT2D eigenvalue weighted by atomic mass is 10.1. The first-order valence-corrected chi connectivity index (χ1v) is 11.6. The molecule has 0 saturated heterocycles. The number of amides is 4. The summed E-state index contributed by atoms with van der Waals surface area (Å²) in [6.45, 7) is 7.89. The van der Waals surface area contributed by atoms with Crippen LogP contribution in [0, 0.1) is 5.82 Å². The summed E-state index contributed by atoms with van der Waals surface area (Å²) in [5.41, 5.74) is 1.14. The molecule has 12 heteroatoms. The van der Waals surface area contributed by atoms with Gasteiger partial charge in [-0.15, -0.1) is 0 Å². The fourth-order valence-electron chi connectivity index (χ4n) is 3.39. The molecule has 2 aromatic rings. The maximum atomic E-state index is 13.6. The molecule has 4 amide bonds. The summed E-state index contributed by atoms with van der Waals surface area (Å²) < 4.78 is 52.5. The van der Waals surface area contributed by atoms with Crippen molar-refractivity contribution in [3.8, 4) is 0 Å². The van der Waals surface area contributed by atoms with Crippen molar-refractivity contribution in [2.45, 2.75) is 39.9 Å². The first-order chi connectivity index (χ1) is 16.8. The summed E-state index contributed by atoms with van der Waals surface area (Å²) in [6, 6.07) is 4.67. The molecule has 0 unspecified atom stereocenters. The number of benzene rings is 2. The Morgan fingerprint density at radius 3 is 2.14 bits per heavy atom. The smallest absolute Gasteiger partial charge is 0.339 e. The zero-order chi connectivity index (χ0) is 27.2. The number of rotatable bonds is 7. The van der Waals surface area contributed by atoms with Crippen LogP contribution in [-0.4, -0.2) is 47.4 Å². The zero-order valence-electron chi connectivity index (χ0n) is 20.2. The van der Waals surface area contributed by atoms with E-state index in [4.69, 9.17) is 11.6 Å². The molecule has 0 aliphatic heterocycles. The standard InChI is InChI=1S/C24H27ClF4N4O3/c1-5-32(6-2)22(35)15-8-9-19(20(25)12-15)14(4)30-23(36)33(7-3)31-21(34)16-10-17(24(27,28)29)13-18(26)11-16/h8-14H,5-7H2,1-4H3,(H,30,36)(H,31,34)/t14-/m1/s1. The van der Waals surface area contributed by atoms with Crippen LogP contribution in [0.25, 0.3) is 0 Å². The Balaban J connectivity index is 2.14. The lowest BCUT2D eigenvalue weighted by Crippen LogP contribution is -2.51. The normalized spacial score (nSPS) is 12.0. The van der Waals surface area contributed by atoms with Gasteiger partial charge in [-0.3, -0.25) is 15.0 Å². The van der Waals surface area contributed by atoms with Gasteiger partial charge in [-0.1, -0.05) is 17.7 Å². The molecule has 2 rings (SSSR count). The highest BCUT2D eigenvalue weighted by Crippen LogP contribution is 2.30. The molecule has 0 aliphatic carbocycles. The van der Waals surface area contributed by atoms with Crippen molar-refractivity contribution in [2.75, 3.05) is 19.6 Å². The van der Waals surface area contributed by atoms with E-state index in [0.29, 0.717) is 36.3 Å². The Labute approximate surface area is 211 Å². The number of nitrogens with one attached hydrogen (secondary N) is 2. The van der Waals surface area contributed by atoms with Gasteiger partial charge in [-0.2, -0.15) is 13.2 Å². The van der Waals surface area contributed by atoms with E-state index < -0.39 is 41.1 Å². The van der Waals surface area contributed by atoms with Crippen LogP contribution in [0.5, 0.6) is 0 Å². The van der Waals surface area contributed by atoms with E-state index in [-0.39, 0.29) is 23.5 Å². The minimum Gasteiger partial charge on any atom is -0.339 e. The molecule has 1 atom stereocenters. The third-order valence-electron chi connectivity index (χ3n) is 5.39. The van der Waals surface area contributed by atoms with Crippen LogP contribution in [0.3, 0.4) is 0 Å². The first-order valence-electron chi connectivity index (χ1n) is 11.2. The maximum absolute atomic E-state index is 13.6. The molecule has 196 valence electrons. The van der Waals surface area contributed by atoms with Crippen molar-refractivity contribution in [2.24, 2.45) is 0 Å².